The van der Waals surface area contributed by atoms with Crippen LogP contribution in [0.5, 0.6) is 0 Å². The number of aliphatic carboxylic acids is 1. The third-order valence-corrected chi connectivity index (χ3v) is 8.09. The number of amides is 4. The molecule has 2 aromatic carbocycles. The van der Waals surface area contributed by atoms with Crippen molar-refractivity contribution in [2.24, 2.45) is 11.5 Å². The zero-order valence-corrected chi connectivity index (χ0v) is 25.9. The molecule has 0 saturated heterocycles. The van der Waals surface area contributed by atoms with Gasteiger partial charge in [-0.05, 0) is 36.1 Å². The van der Waals surface area contributed by atoms with Gasteiger partial charge >= 0.3 is 5.97 Å². The van der Waals surface area contributed by atoms with Crippen LogP contribution in [-0.2, 0) is 43.2 Å². The number of para-hydroxylation sites is 2. The van der Waals surface area contributed by atoms with E-state index in [1.807, 2.05) is 48.5 Å². The fourth-order valence-electron chi connectivity index (χ4n) is 5.55. The van der Waals surface area contributed by atoms with Gasteiger partial charge in [0.1, 0.15) is 18.1 Å². The van der Waals surface area contributed by atoms with Gasteiger partial charge in [0, 0.05) is 65.4 Å². The summed E-state index contributed by atoms with van der Waals surface area (Å²) in [7, 11) is 0. The number of nitrogens with one attached hydrogen (secondary N) is 6. The molecule has 0 radical (unpaired) electrons. The Hall–Kier alpha value is -5.96. The number of aromatic nitrogens is 4. The Bertz CT molecular complexity index is 1910. The molecular formula is C33H37N9O6. The van der Waals surface area contributed by atoms with Crippen LogP contribution < -0.4 is 27.4 Å². The van der Waals surface area contributed by atoms with E-state index >= 15 is 0 Å². The van der Waals surface area contributed by atoms with E-state index in [4.69, 9.17) is 11.5 Å². The highest BCUT2D eigenvalue weighted by atomic mass is 16.4. The Morgan fingerprint density at radius 3 is 1.88 bits per heavy atom. The molecule has 3 aromatic heterocycles. The molecule has 0 saturated carbocycles. The molecule has 250 valence electrons. The minimum Gasteiger partial charge on any atom is -0.480 e. The predicted octanol–water partition coefficient (Wildman–Crippen LogP) is 0.532. The van der Waals surface area contributed by atoms with E-state index < -0.39 is 53.8 Å². The molecular weight excluding hydrogens is 618 g/mol. The summed E-state index contributed by atoms with van der Waals surface area (Å²) in [4.78, 5) is 77.4. The van der Waals surface area contributed by atoms with Crippen LogP contribution in [0.2, 0.25) is 0 Å². The van der Waals surface area contributed by atoms with E-state index in [1.54, 1.807) is 12.4 Å². The number of nitrogens with zero attached hydrogens (tertiary/aromatic N) is 1. The van der Waals surface area contributed by atoms with E-state index in [0.29, 0.717) is 11.3 Å². The summed E-state index contributed by atoms with van der Waals surface area (Å²) in [5.74, 6) is -4.21. The first kappa shape index (κ1) is 33.4. The van der Waals surface area contributed by atoms with Crippen LogP contribution in [0.1, 0.15) is 29.7 Å². The average molecular weight is 656 g/mol. The smallest absolute Gasteiger partial charge is 0.326 e. The maximum atomic E-state index is 13.7. The van der Waals surface area contributed by atoms with Crippen LogP contribution in [0.3, 0.4) is 0 Å². The third kappa shape index (κ3) is 8.24. The molecule has 11 N–H and O–H groups in total. The Morgan fingerprint density at radius 2 is 1.29 bits per heavy atom. The Kier molecular flexibility index (Phi) is 10.5. The number of aromatic amines is 3. The lowest BCUT2D eigenvalue weighted by Gasteiger charge is -2.25. The zero-order chi connectivity index (χ0) is 34.2. The number of carboxylic acid groups (broad SMARTS) is 1. The third-order valence-electron chi connectivity index (χ3n) is 8.09. The van der Waals surface area contributed by atoms with Gasteiger partial charge in [-0.3, -0.25) is 19.2 Å². The second kappa shape index (κ2) is 15.1. The second-order valence-corrected chi connectivity index (χ2v) is 11.5. The van der Waals surface area contributed by atoms with Crippen LogP contribution in [0, 0.1) is 0 Å². The highest BCUT2D eigenvalue weighted by molar-refractivity contribution is 5.95. The second-order valence-electron chi connectivity index (χ2n) is 11.5. The van der Waals surface area contributed by atoms with Crippen LogP contribution in [0.4, 0.5) is 0 Å². The summed E-state index contributed by atoms with van der Waals surface area (Å²) in [5, 5.41) is 19.4. The number of H-pyrrole nitrogens is 3. The van der Waals surface area contributed by atoms with Crippen LogP contribution in [0.25, 0.3) is 21.8 Å². The number of rotatable bonds is 16. The fourth-order valence-corrected chi connectivity index (χ4v) is 5.55. The van der Waals surface area contributed by atoms with Gasteiger partial charge < -0.3 is 47.5 Å². The molecule has 0 aliphatic carbocycles. The maximum absolute atomic E-state index is 13.7. The first-order valence-corrected chi connectivity index (χ1v) is 15.3. The van der Waals surface area contributed by atoms with Crippen molar-refractivity contribution in [3.63, 3.8) is 0 Å². The molecule has 48 heavy (non-hydrogen) atoms. The van der Waals surface area contributed by atoms with Crippen molar-refractivity contribution < 1.29 is 29.1 Å². The van der Waals surface area contributed by atoms with E-state index in [1.165, 1.54) is 12.5 Å². The van der Waals surface area contributed by atoms with Crippen molar-refractivity contribution in [3.05, 3.63) is 90.3 Å². The van der Waals surface area contributed by atoms with E-state index in [-0.39, 0.29) is 32.1 Å². The molecule has 0 unspecified atom stereocenters. The monoisotopic (exact) mass is 655 g/mol. The molecule has 3 heterocycles. The summed E-state index contributed by atoms with van der Waals surface area (Å²) in [5.41, 5.74) is 15.3. The minimum absolute atomic E-state index is 0.0279. The molecule has 0 bridgehead atoms. The van der Waals surface area contributed by atoms with Gasteiger partial charge in [0.05, 0.1) is 12.4 Å². The molecule has 0 fully saturated rings. The van der Waals surface area contributed by atoms with Gasteiger partial charge in [0.15, 0.2) is 0 Å². The van der Waals surface area contributed by atoms with Crippen LogP contribution >= 0.6 is 0 Å². The lowest BCUT2D eigenvalue weighted by atomic mass is 10.0. The normalized spacial score (nSPS) is 13.8. The van der Waals surface area contributed by atoms with E-state index in [9.17, 15) is 29.1 Å². The van der Waals surface area contributed by atoms with Crippen LogP contribution in [-0.4, -0.2) is 78.8 Å². The number of benzene rings is 2. The number of hydrogen-bond donors (Lipinski definition) is 9. The topological polar surface area (TPSA) is 254 Å². The Morgan fingerprint density at radius 1 is 0.729 bits per heavy atom. The van der Waals surface area contributed by atoms with Crippen molar-refractivity contribution in [3.8, 4) is 0 Å². The number of fused-ring (bicyclic) bond motifs is 2. The molecule has 0 aliphatic heterocycles. The van der Waals surface area contributed by atoms with Gasteiger partial charge in [-0.25, -0.2) is 9.78 Å². The quantitative estimate of drug-likeness (QED) is 0.0723. The molecule has 4 atom stereocenters. The summed E-state index contributed by atoms with van der Waals surface area (Å²) in [6.07, 6.45) is 5.97. The highest BCUT2D eigenvalue weighted by Gasteiger charge is 2.31. The average Bonchev–Trinajstić information content (AvgIpc) is 3.83. The molecule has 15 heteroatoms. The van der Waals surface area contributed by atoms with Crippen LogP contribution in [0.15, 0.2) is 73.4 Å². The molecule has 0 aliphatic rings. The van der Waals surface area contributed by atoms with Gasteiger partial charge in [0.25, 0.3) is 0 Å². The summed E-state index contributed by atoms with van der Waals surface area (Å²) in [6, 6.07) is 9.97. The van der Waals surface area contributed by atoms with Crippen molar-refractivity contribution in [1.82, 2.24) is 35.9 Å². The Balaban J connectivity index is 1.30. The van der Waals surface area contributed by atoms with Crippen molar-refractivity contribution in [2.45, 2.75) is 56.3 Å². The number of carboxylic acids is 1. The maximum Gasteiger partial charge on any atom is 0.326 e. The molecule has 0 spiro atoms. The van der Waals surface area contributed by atoms with Gasteiger partial charge in [0.2, 0.25) is 23.6 Å². The number of nitrogens with two attached hydrogens (primary N) is 2. The molecule has 5 rings (SSSR count). The highest BCUT2D eigenvalue weighted by Crippen LogP contribution is 2.20. The number of primary amides is 1. The molecule has 15 nitrogen and oxygen atoms in total. The lowest BCUT2D eigenvalue weighted by Crippen LogP contribution is -2.58. The number of imidazole rings is 1. The first-order chi connectivity index (χ1) is 23.1. The van der Waals surface area contributed by atoms with Crippen molar-refractivity contribution in [1.29, 1.82) is 0 Å². The van der Waals surface area contributed by atoms with E-state index in [0.717, 1.165) is 27.4 Å². The molecule has 5 aromatic rings. The standard InChI is InChI=1S/C33H37N9O6/c34-23(11-18-14-37-24-7-3-1-5-21(18)24)30(44)41-27(13-20-16-36-17-39-20)32(46)40-26(9-10-29(35)43)31(45)42-28(33(47)48)12-19-15-38-25-8-4-2-6-22(19)25/h1-8,14-17,23,26-28,37-38H,9-13,34H2,(H2,35,43)(H,36,39)(H,40,46)(H,41,44)(H,42,45)(H,47,48)/t23-,26-,27-,28-/m0/s1. The van der Waals surface area contributed by atoms with Crippen molar-refractivity contribution in [2.75, 3.05) is 0 Å². The number of hydrogen-bond acceptors (Lipinski definition) is 7. The van der Waals surface area contributed by atoms with Gasteiger partial charge in [-0.1, -0.05) is 36.4 Å². The number of carbonyl (C=O) groups excluding carboxylic acids is 4. The first-order valence-electron chi connectivity index (χ1n) is 15.3. The Labute approximate surface area is 274 Å². The fraction of sp³-hybridized carbons (Fsp3) is 0.273. The summed E-state index contributed by atoms with van der Waals surface area (Å²) in [6.45, 7) is 0. The largest absolute Gasteiger partial charge is 0.480 e. The minimum atomic E-state index is -1.35. The predicted molar refractivity (Wildman–Crippen MR) is 176 cm³/mol. The SMILES string of the molecule is NC(=O)CC[C@H](NC(=O)[C@H](Cc1cnc[nH]1)NC(=O)[C@@H](N)Cc1c[nH]c2ccccc12)C(=O)N[C@@H](Cc1c[nH]c2ccccc12)C(=O)O. The van der Waals surface area contributed by atoms with Crippen molar-refractivity contribution >= 4 is 51.4 Å². The summed E-state index contributed by atoms with van der Waals surface area (Å²) < 4.78 is 0. The molecule has 4 amide bonds. The number of carbonyl (C=O) groups is 5. The summed E-state index contributed by atoms with van der Waals surface area (Å²) >= 11 is 0. The van der Waals surface area contributed by atoms with E-state index in [2.05, 4.69) is 35.9 Å². The zero-order valence-electron chi connectivity index (χ0n) is 25.9. The van der Waals surface area contributed by atoms with Gasteiger partial charge in [-0.15, -0.1) is 0 Å². The lowest BCUT2D eigenvalue weighted by molar-refractivity contribution is -0.142. The van der Waals surface area contributed by atoms with Gasteiger partial charge in [-0.2, -0.15) is 0 Å².